The van der Waals surface area contributed by atoms with Gasteiger partial charge in [-0.3, -0.25) is 5.43 Å². The minimum atomic E-state index is -2.09. The van der Waals surface area contributed by atoms with Crippen LogP contribution in [0.4, 0.5) is 0 Å². The monoisotopic (exact) mass is 275 g/mol. The van der Waals surface area contributed by atoms with Crippen LogP contribution in [-0.4, -0.2) is 31.6 Å². The number of thiocarbonyl (C=S) groups is 1. The SMILES string of the molecule is COC(=O)/C(=N/NC(N)=S)[Si](C)(C)C(C)(C)C. The number of rotatable bonds is 3. The molecule has 0 rings (SSSR count). The molecule has 0 aromatic heterocycles. The first-order valence-electron chi connectivity index (χ1n) is 5.26. The Morgan fingerprint density at radius 1 is 1.41 bits per heavy atom. The molecule has 0 aromatic carbocycles. The van der Waals surface area contributed by atoms with Crippen molar-refractivity contribution in [2.24, 2.45) is 10.8 Å². The molecule has 0 saturated heterocycles. The van der Waals surface area contributed by atoms with Crippen LogP contribution in [0.2, 0.25) is 18.1 Å². The fourth-order valence-corrected chi connectivity index (χ4v) is 2.71. The van der Waals surface area contributed by atoms with Crippen LogP contribution in [0.3, 0.4) is 0 Å². The standard InChI is InChI=1S/C10H21N3O2SSi/c1-10(2,3)17(5,6)7(8(14)15-4)12-13-9(11)16/h1-6H3,(H3,11,13,16)/b12-7-. The van der Waals surface area contributed by atoms with Crippen LogP contribution in [0.15, 0.2) is 5.10 Å². The van der Waals surface area contributed by atoms with Crippen LogP contribution >= 0.6 is 12.2 Å². The summed E-state index contributed by atoms with van der Waals surface area (Å²) < 4.78 is 4.77. The van der Waals surface area contributed by atoms with Gasteiger partial charge in [0.15, 0.2) is 5.11 Å². The lowest BCUT2D eigenvalue weighted by Gasteiger charge is -2.36. The Bertz CT molecular complexity index is 348. The van der Waals surface area contributed by atoms with E-state index in [4.69, 9.17) is 10.5 Å². The third-order valence-electron chi connectivity index (χ3n) is 3.12. The molecule has 0 amide bonds. The summed E-state index contributed by atoms with van der Waals surface area (Å²) in [7, 11) is -0.748. The fourth-order valence-electron chi connectivity index (χ4n) is 1.00. The zero-order valence-corrected chi connectivity index (χ0v) is 13.1. The maximum Gasteiger partial charge on any atom is 0.349 e. The molecule has 0 aliphatic rings. The zero-order chi connectivity index (χ0) is 13.9. The van der Waals surface area contributed by atoms with Crippen LogP contribution in [0.1, 0.15) is 20.8 Å². The average molecular weight is 275 g/mol. The number of hydrogen-bond acceptors (Lipinski definition) is 4. The van der Waals surface area contributed by atoms with Crippen molar-refractivity contribution >= 4 is 36.7 Å². The van der Waals surface area contributed by atoms with Gasteiger partial charge in [-0.25, -0.2) is 4.79 Å². The molecule has 0 radical (unpaired) electrons. The van der Waals surface area contributed by atoms with Crippen LogP contribution in [0, 0.1) is 0 Å². The number of esters is 1. The molecule has 0 aliphatic carbocycles. The lowest BCUT2D eigenvalue weighted by molar-refractivity contribution is -0.132. The molecular weight excluding hydrogens is 254 g/mol. The van der Waals surface area contributed by atoms with Gasteiger partial charge in [0.05, 0.1) is 7.11 Å². The highest BCUT2D eigenvalue weighted by Crippen LogP contribution is 2.37. The smallest absolute Gasteiger partial charge is 0.349 e. The molecule has 0 fully saturated rings. The van der Waals surface area contributed by atoms with E-state index in [1.54, 1.807) is 0 Å². The first-order valence-corrected chi connectivity index (χ1v) is 8.66. The minimum absolute atomic E-state index is 0.0298. The first-order chi connectivity index (χ1) is 7.54. The number of methoxy groups -OCH3 is 1. The summed E-state index contributed by atoms with van der Waals surface area (Å²) in [5, 5.41) is 4.43. The Labute approximate surface area is 109 Å². The molecule has 0 aliphatic heterocycles. The highest BCUT2D eigenvalue weighted by molar-refractivity contribution is 7.80. The number of carbonyl (C=O) groups is 1. The second-order valence-corrected chi connectivity index (χ2v) is 11.0. The van der Waals surface area contributed by atoms with E-state index in [2.05, 4.69) is 56.6 Å². The van der Waals surface area contributed by atoms with E-state index in [-0.39, 0.29) is 10.2 Å². The summed E-state index contributed by atoms with van der Waals surface area (Å²) in [5.74, 6) is -0.430. The van der Waals surface area contributed by atoms with Crippen molar-refractivity contribution in [1.82, 2.24) is 5.43 Å². The molecule has 17 heavy (non-hydrogen) atoms. The summed E-state index contributed by atoms with van der Waals surface area (Å²) in [4.78, 5) is 11.8. The van der Waals surface area contributed by atoms with Crippen molar-refractivity contribution in [2.75, 3.05) is 7.11 Å². The number of nitrogens with zero attached hydrogens (tertiary/aromatic N) is 1. The number of carbonyl (C=O) groups excluding carboxylic acids is 1. The molecule has 5 nitrogen and oxygen atoms in total. The van der Waals surface area contributed by atoms with Crippen LogP contribution in [0.25, 0.3) is 0 Å². The Hall–Kier alpha value is -0.953. The third-order valence-corrected chi connectivity index (χ3v) is 8.46. The molecular formula is C10H21N3O2SSi. The average Bonchev–Trinajstić information content (AvgIpc) is 2.14. The van der Waals surface area contributed by atoms with Gasteiger partial charge in [-0.1, -0.05) is 33.9 Å². The summed E-state index contributed by atoms with van der Waals surface area (Å²) in [6.07, 6.45) is 0. The van der Waals surface area contributed by atoms with Gasteiger partial charge in [-0.05, 0) is 17.3 Å². The number of hydrazone groups is 1. The van der Waals surface area contributed by atoms with Gasteiger partial charge in [-0.2, -0.15) is 5.10 Å². The van der Waals surface area contributed by atoms with Gasteiger partial charge in [0.1, 0.15) is 13.4 Å². The number of nitrogens with two attached hydrogens (primary N) is 1. The number of nitrogens with one attached hydrogen (secondary N) is 1. The van der Waals surface area contributed by atoms with Gasteiger partial charge < -0.3 is 10.5 Å². The zero-order valence-electron chi connectivity index (χ0n) is 11.2. The van der Waals surface area contributed by atoms with E-state index in [1.165, 1.54) is 7.11 Å². The van der Waals surface area contributed by atoms with Gasteiger partial charge >= 0.3 is 5.97 Å². The van der Waals surface area contributed by atoms with Crippen molar-refractivity contribution in [3.63, 3.8) is 0 Å². The second-order valence-electron chi connectivity index (χ2n) is 5.30. The Balaban J connectivity index is 5.41. The van der Waals surface area contributed by atoms with Crippen LogP contribution < -0.4 is 11.2 Å². The van der Waals surface area contributed by atoms with E-state index in [9.17, 15) is 4.79 Å². The molecule has 0 atom stereocenters. The maximum absolute atomic E-state index is 11.8. The van der Waals surface area contributed by atoms with E-state index < -0.39 is 14.0 Å². The molecule has 0 unspecified atom stereocenters. The molecule has 0 saturated carbocycles. The molecule has 0 spiro atoms. The topological polar surface area (TPSA) is 76.7 Å². The number of hydrogen-bond donors (Lipinski definition) is 2. The van der Waals surface area contributed by atoms with Crippen LogP contribution in [0.5, 0.6) is 0 Å². The van der Waals surface area contributed by atoms with Crippen molar-refractivity contribution < 1.29 is 9.53 Å². The molecule has 0 heterocycles. The van der Waals surface area contributed by atoms with Gasteiger partial charge in [0, 0.05) is 0 Å². The van der Waals surface area contributed by atoms with Crippen molar-refractivity contribution in [3.8, 4) is 0 Å². The molecule has 0 bridgehead atoms. The summed E-state index contributed by atoms with van der Waals surface area (Å²) in [6.45, 7) is 10.4. The Kier molecular flexibility index (Phi) is 5.28. The lowest BCUT2D eigenvalue weighted by atomic mass is 10.2. The second kappa shape index (κ2) is 5.59. The van der Waals surface area contributed by atoms with Crippen molar-refractivity contribution in [1.29, 1.82) is 0 Å². The maximum atomic E-state index is 11.8. The Morgan fingerprint density at radius 3 is 2.18 bits per heavy atom. The molecule has 7 heteroatoms. The van der Waals surface area contributed by atoms with E-state index in [1.807, 2.05) is 0 Å². The number of ether oxygens (including phenoxy) is 1. The predicted molar refractivity (Wildman–Crippen MR) is 76.6 cm³/mol. The third kappa shape index (κ3) is 4.08. The minimum Gasteiger partial charge on any atom is -0.465 e. The molecule has 3 N–H and O–H groups in total. The van der Waals surface area contributed by atoms with E-state index in [0.29, 0.717) is 5.33 Å². The van der Waals surface area contributed by atoms with Gasteiger partial charge in [-0.15, -0.1) is 0 Å². The van der Waals surface area contributed by atoms with Crippen molar-refractivity contribution in [3.05, 3.63) is 0 Å². The largest absolute Gasteiger partial charge is 0.465 e. The lowest BCUT2D eigenvalue weighted by Crippen LogP contribution is -2.51. The normalized spacial score (nSPS) is 13.2. The van der Waals surface area contributed by atoms with Gasteiger partial charge in [0.25, 0.3) is 0 Å². The highest BCUT2D eigenvalue weighted by atomic mass is 32.1. The fraction of sp³-hybridized carbons (Fsp3) is 0.700. The molecule has 0 aromatic rings. The van der Waals surface area contributed by atoms with E-state index in [0.717, 1.165) is 0 Å². The summed E-state index contributed by atoms with van der Waals surface area (Å²) >= 11 is 4.68. The quantitative estimate of drug-likeness (QED) is 0.268. The molecule has 98 valence electrons. The first kappa shape index (κ1) is 16.0. The Morgan fingerprint density at radius 2 is 1.88 bits per heavy atom. The summed E-state index contributed by atoms with van der Waals surface area (Å²) in [6, 6.07) is 0. The van der Waals surface area contributed by atoms with Gasteiger partial charge in [0.2, 0.25) is 0 Å². The summed E-state index contributed by atoms with van der Waals surface area (Å²) in [5.41, 5.74) is 7.78. The van der Waals surface area contributed by atoms with Crippen LogP contribution in [-0.2, 0) is 9.53 Å². The predicted octanol–water partition coefficient (Wildman–Crippen LogP) is 1.40. The highest BCUT2D eigenvalue weighted by Gasteiger charge is 2.44. The van der Waals surface area contributed by atoms with Crippen molar-refractivity contribution in [2.45, 2.75) is 38.9 Å². The van der Waals surface area contributed by atoms with E-state index >= 15 is 0 Å².